The monoisotopic (exact) mass is 360 g/mol. The molecule has 0 aromatic heterocycles. The van der Waals surface area contributed by atoms with Crippen molar-refractivity contribution in [3.63, 3.8) is 0 Å². The van der Waals surface area contributed by atoms with Gasteiger partial charge < -0.3 is 10.4 Å². The number of carboxylic acids is 1. The van der Waals surface area contributed by atoms with E-state index < -0.39 is 16.8 Å². The third-order valence-electron chi connectivity index (χ3n) is 3.17. The second-order valence-electron chi connectivity index (χ2n) is 5.06. The molecule has 0 saturated carbocycles. The average Bonchev–Trinajstić information content (AvgIpc) is 2.55. The molecule has 2 aromatic carbocycles. The van der Waals surface area contributed by atoms with E-state index >= 15 is 0 Å². The van der Waals surface area contributed by atoms with Gasteiger partial charge in [-0.05, 0) is 35.4 Å². The quantitative estimate of drug-likeness (QED) is 0.465. The molecule has 0 saturated heterocycles. The molecule has 0 bridgehead atoms. The molecular weight excluding hydrogens is 348 g/mol. The number of nitro benzene ring substituents is 1. The number of nitrogens with zero attached hydrogens (tertiary/aromatic N) is 1. The minimum absolute atomic E-state index is 0.0213. The van der Waals surface area contributed by atoms with E-state index in [1.54, 1.807) is 30.3 Å². The van der Waals surface area contributed by atoms with E-state index in [4.69, 9.17) is 16.7 Å². The predicted molar refractivity (Wildman–Crippen MR) is 93.6 cm³/mol. The van der Waals surface area contributed by atoms with Crippen LogP contribution in [0.15, 0.2) is 48.5 Å². The van der Waals surface area contributed by atoms with E-state index in [1.807, 2.05) is 0 Å². The lowest BCUT2D eigenvalue weighted by Gasteiger charge is -2.03. The van der Waals surface area contributed by atoms with Crippen LogP contribution in [0.5, 0.6) is 0 Å². The number of nitrogens with one attached hydrogen (secondary N) is 1. The van der Waals surface area contributed by atoms with Crippen LogP contribution in [-0.4, -0.2) is 21.9 Å². The minimum atomic E-state index is -0.934. The van der Waals surface area contributed by atoms with Gasteiger partial charge in [0.15, 0.2) is 0 Å². The Morgan fingerprint density at radius 2 is 1.88 bits per heavy atom. The lowest BCUT2D eigenvalue weighted by molar-refractivity contribution is -0.384. The van der Waals surface area contributed by atoms with Crippen molar-refractivity contribution in [1.29, 1.82) is 0 Å². The minimum Gasteiger partial charge on any atom is -0.481 e. The summed E-state index contributed by atoms with van der Waals surface area (Å²) in [4.78, 5) is 32.7. The third kappa shape index (κ3) is 5.43. The topological polar surface area (TPSA) is 110 Å². The van der Waals surface area contributed by atoms with E-state index in [1.165, 1.54) is 24.3 Å². The second kappa shape index (κ2) is 8.07. The molecule has 0 aliphatic heterocycles. The molecule has 2 rings (SSSR count). The first-order valence-electron chi connectivity index (χ1n) is 7.09. The van der Waals surface area contributed by atoms with Gasteiger partial charge in [-0.2, -0.15) is 0 Å². The van der Waals surface area contributed by atoms with E-state index in [0.29, 0.717) is 16.8 Å². The van der Waals surface area contributed by atoms with Crippen molar-refractivity contribution in [2.75, 3.05) is 5.32 Å². The second-order valence-corrected chi connectivity index (χ2v) is 5.47. The highest BCUT2D eigenvalue weighted by Crippen LogP contribution is 2.25. The van der Waals surface area contributed by atoms with Crippen molar-refractivity contribution in [1.82, 2.24) is 0 Å². The van der Waals surface area contributed by atoms with Gasteiger partial charge >= 0.3 is 5.97 Å². The number of rotatable bonds is 6. The fourth-order valence-electron chi connectivity index (χ4n) is 2.01. The summed E-state index contributed by atoms with van der Waals surface area (Å²) in [5.41, 5.74) is 1.35. The number of hydrogen-bond donors (Lipinski definition) is 2. The molecule has 25 heavy (non-hydrogen) atoms. The largest absolute Gasteiger partial charge is 0.481 e. The molecule has 0 aliphatic carbocycles. The number of nitro groups is 1. The highest BCUT2D eigenvalue weighted by Gasteiger charge is 2.11. The molecule has 0 radical (unpaired) electrons. The van der Waals surface area contributed by atoms with Gasteiger partial charge in [-0.3, -0.25) is 19.7 Å². The molecule has 0 heterocycles. The Hall–Kier alpha value is -3.19. The van der Waals surface area contributed by atoms with Crippen LogP contribution in [0.1, 0.15) is 11.1 Å². The number of amides is 1. The standard InChI is InChI=1S/C17H13ClN2O5/c18-14-7-3-11(9-15(14)20(24)25)4-8-16(21)19-13-5-1-12(2-6-13)10-17(22)23/h1-9H,10H2,(H,19,21)(H,22,23)/b8-4+. The van der Waals surface area contributed by atoms with E-state index in [-0.39, 0.29) is 17.1 Å². The summed E-state index contributed by atoms with van der Waals surface area (Å²) < 4.78 is 0. The number of carbonyl (C=O) groups is 2. The molecule has 0 atom stereocenters. The van der Waals surface area contributed by atoms with Crippen LogP contribution in [-0.2, 0) is 16.0 Å². The van der Waals surface area contributed by atoms with Crippen LogP contribution in [0.2, 0.25) is 5.02 Å². The van der Waals surface area contributed by atoms with E-state index in [0.717, 1.165) is 0 Å². The lowest BCUT2D eigenvalue weighted by Crippen LogP contribution is -2.08. The molecule has 8 heteroatoms. The molecule has 2 N–H and O–H groups in total. The zero-order chi connectivity index (χ0) is 18.4. The van der Waals surface area contributed by atoms with Gasteiger partial charge in [-0.1, -0.05) is 29.8 Å². The van der Waals surface area contributed by atoms with Gasteiger partial charge in [0.1, 0.15) is 5.02 Å². The Morgan fingerprint density at radius 3 is 2.48 bits per heavy atom. The van der Waals surface area contributed by atoms with Gasteiger partial charge in [-0.25, -0.2) is 0 Å². The zero-order valence-electron chi connectivity index (χ0n) is 12.8. The third-order valence-corrected chi connectivity index (χ3v) is 3.49. The fraction of sp³-hybridized carbons (Fsp3) is 0.0588. The molecule has 0 aliphatic rings. The Bertz CT molecular complexity index is 847. The van der Waals surface area contributed by atoms with Crippen molar-refractivity contribution < 1.29 is 19.6 Å². The molecule has 0 unspecified atom stereocenters. The molecule has 0 spiro atoms. The molecule has 2 aromatic rings. The van der Waals surface area contributed by atoms with Gasteiger partial charge in [0.25, 0.3) is 5.69 Å². The van der Waals surface area contributed by atoms with Gasteiger partial charge in [0, 0.05) is 17.8 Å². The zero-order valence-corrected chi connectivity index (χ0v) is 13.6. The summed E-state index contributed by atoms with van der Waals surface area (Å²) in [5.74, 6) is -1.36. The Kier molecular flexibility index (Phi) is 5.86. The van der Waals surface area contributed by atoms with Crippen molar-refractivity contribution in [3.8, 4) is 0 Å². The van der Waals surface area contributed by atoms with E-state index in [2.05, 4.69) is 5.32 Å². The molecule has 7 nitrogen and oxygen atoms in total. The maximum atomic E-state index is 11.9. The van der Waals surface area contributed by atoms with Gasteiger partial charge in [0.2, 0.25) is 5.91 Å². The summed E-state index contributed by atoms with van der Waals surface area (Å²) in [6.45, 7) is 0. The SMILES string of the molecule is O=C(O)Cc1ccc(NC(=O)/C=C/c2ccc(Cl)c([N+](=O)[O-])c2)cc1. The van der Waals surface area contributed by atoms with Gasteiger partial charge in [-0.15, -0.1) is 0 Å². The summed E-state index contributed by atoms with van der Waals surface area (Å²) in [7, 11) is 0. The fourth-order valence-corrected chi connectivity index (χ4v) is 2.20. The first-order valence-corrected chi connectivity index (χ1v) is 7.46. The van der Waals surface area contributed by atoms with Crippen LogP contribution in [0, 0.1) is 10.1 Å². The average molecular weight is 361 g/mol. The lowest BCUT2D eigenvalue weighted by atomic mass is 10.1. The van der Waals surface area contributed by atoms with E-state index in [9.17, 15) is 19.7 Å². The van der Waals surface area contributed by atoms with Crippen molar-refractivity contribution in [2.24, 2.45) is 0 Å². The molecular formula is C17H13ClN2O5. The summed E-state index contributed by atoms with van der Waals surface area (Å²) in [6.07, 6.45) is 2.57. The number of halogens is 1. The first-order chi connectivity index (χ1) is 11.8. The smallest absolute Gasteiger partial charge is 0.307 e. The van der Waals surface area contributed by atoms with Crippen LogP contribution >= 0.6 is 11.6 Å². The highest BCUT2D eigenvalue weighted by molar-refractivity contribution is 6.32. The van der Waals surface area contributed by atoms with Crippen molar-refractivity contribution in [2.45, 2.75) is 6.42 Å². The number of benzene rings is 2. The first kappa shape index (κ1) is 18.2. The highest BCUT2D eigenvalue weighted by atomic mass is 35.5. The number of aliphatic carboxylic acids is 1. The van der Waals surface area contributed by atoms with Crippen molar-refractivity contribution >= 4 is 40.9 Å². The van der Waals surface area contributed by atoms with Crippen LogP contribution in [0.25, 0.3) is 6.08 Å². The Labute approximate surface area is 147 Å². The molecule has 128 valence electrons. The van der Waals surface area contributed by atoms with Crippen LogP contribution in [0.3, 0.4) is 0 Å². The number of carbonyl (C=O) groups excluding carboxylic acids is 1. The predicted octanol–water partition coefficient (Wildman–Crippen LogP) is 3.53. The van der Waals surface area contributed by atoms with Crippen LogP contribution < -0.4 is 5.32 Å². The summed E-state index contributed by atoms with van der Waals surface area (Å²) >= 11 is 5.72. The number of hydrogen-bond acceptors (Lipinski definition) is 4. The number of carboxylic acid groups (broad SMARTS) is 1. The molecule has 0 fully saturated rings. The van der Waals surface area contributed by atoms with Crippen molar-refractivity contribution in [3.05, 3.63) is 74.8 Å². The summed E-state index contributed by atoms with van der Waals surface area (Å²) in [6, 6.07) is 10.6. The normalized spacial score (nSPS) is 10.6. The number of anilines is 1. The maximum Gasteiger partial charge on any atom is 0.307 e. The molecule has 1 amide bonds. The van der Waals surface area contributed by atoms with Gasteiger partial charge in [0.05, 0.1) is 11.3 Å². The maximum absolute atomic E-state index is 11.9. The Morgan fingerprint density at radius 1 is 1.20 bits per heavy atom. The Balaban J connectivity index is 2.02. The summed E-state index contributed by atoms with van der Waals surface area (Å²) in [5, 5.41) is 22.2. The van der Waals surface area contributed by atoms with Crippen LogP contribution in [0.4, 0.5) is 11.4 Å².